The van der Waals surface area contributed by atoms with Crippen molar-refractivity contribution < 1.29 is 27.2 Å². The number of imidazole rings is 2. The van der Waals surface area contributed by atoms with Crippen LogP contribution in [0, 0.1) is 22.7 Å². The van der Waals surface area contributed by atoms with Gasteiger partial charge in [0.05, 0.1) is 45.3 Å². The largest absolute Gasteiger partial charge is 0.345 e. The molecule has 4 heterocycles. The highest BCUT2D eigenvalue weighted by molar-refractivity contribution is 7.27. The molecule has 8 nitrogen and oxygen atoms in total. The van der Waals surface area contributed by atoms with Crippen LogP contribution in [0.3, 0.4) is 0 Å². The van der Waals surface area contributed by atoms with E-state index in [9.17, 15) is 27.2 Å². The Morgan fingerprint density at radius 1 is 0.661 bits per heavy atom. The summed E-state index contributed by atoms with van der Waals surface area (Å²) in [4.78, 5) is 42.6. The molecule has 2 fully saturated rings. The van der Waals surface area contributed by atoms with Crippen LogP contribution in [0.15, 0.2) is 47.4 Å². The minimum absolute atomic E-state index is 0.175. The minimum Gasteiger partial charge on any atom is -0.345 e. The Morgan fingerprint density at radius 2 is 1.05 bits per heavy atom. The number of nitrogens with one attached hydrogen (secondary N) is 4. The van der Waals surface area contributed by atoms with Gasteiger partial charge in [-0.05, 0) is 47.6 Å². The van der Waals surface area contributed by atoms with E-state index in [-0.39, 0.29) is 74.0 Å². The van der Waals surface area contributed by atoms with Gasteiger partial charge in [-0.25, -0.2) is 27.5 Å². The zero-order valence-electron chi connectivity index (χ0n) is 32.6. The minimum atomic E-state index is -2.69. The Morgan fingerprint density at radius 3 is 1.52 bits per heavy atom. The second-order valence-corrected chi connectivity index (χ2v) is 19.5. The van der Waals surface area contributed by atoms with Gasteiger partial charge >= 0.3 is 0 Å². The van der Waals surface area contributed by atoms with Crippen molar-refractivity contribution >= 4 is 43.9 Å². The van der Waals surface area contributed by atoms with E-state index in [1.165, 1.54) is 0 Å². The number of carbonyl (C=O) groups excluding carboxylic acids is 2. The quantitative estimate of drug-likeness (QED) is 0.111. The summed E-state index contributed by atoms with van der Waals surface area (Å²) < 4.78 is 57.2. The van der Waals surface area contributed by atoms with Crippen LogP contribution in [-0.2, 0) is 9.59 Å². The van der Waals surface area contributed by atoms with Gasteiger partial charge in [0.1, 0.15) is 11.6 Å². The lowest BCUT2D eigenvalue weighted by atomic mass is 9.83. The summed E-state index contributed by atoms with van der Waals surface area (Å²) in [5.74, 6) is -5.42. The standard InChI is InChI=1S/C42H50F4N6O2S2/c1-39(2,3)33(51-37(53)25-11-15-41(43,44)16-12-25)35-47-19-29(49-35)24-9-7-23(8-10-24)27-21-55-32-28(22-56-31(27)32)30-20-48-36(50-30)34(40(4,5)6)52-38(54)26-13-17-42(45,46)18-14-26/h7-10,19-22,25-26,33-34H,11-18H2,1-6H3,(H,47,49)(H,48,50)(H,51,53)(H,52,54)/t33-,34-/m1/s1. The molecule has 2 saturated carbocycles. The van der Waals surface area contributed by atoms with Crippen LogP contribution in [0.1, 0.15) is 117 Å². The summed E-state index contributed by atoms with van der Waals surface area (Å²) in [6, 6.07) is 7.38. The van der Waals surface area contributed by atoms with E-state index in [0.29, 0.717) is 11.6 Å². The van der Waals surface area contributed by atoms with Gasteiger partial charge in [-0.2, -0.15) is 0 Å². The van der Waals surface area contributed by atoms with Crippen molar-refractivity contribution in [3.63, 3.8) is 0 Å². The van der Waals surface area contributed by atoms with Gasteiger partial charge in [0.2, 0.25) is 23.7 Å². The molecule has 1 aromatic carbocycles. The van der Waals surface area contributed by atoms with E-state index in [1.807, 2.05) is 53.7 Å². The van der Waals surface area contributed by atoms with Crippen molar-refractivity contribution in [2.24, 2.45) is 22.7 Å². The second kappa shape index (κ2) is 15.0. The first kappa shape index (κ1) is 40.2. The molecule has 2 amide bonds. The number of fused-ring (bicyclic) bond motifs is 1. The number of rotatable bonds is 9. The third-order valence-electron chi connectivity index (χ3n) is 11.3. The Hall–Kier alpha value is -4.04. The van der Waals surface area contributed by atoms with Gasteiger partial charge in [0.25, 0.3) is 0 Å². The fourth-order valence-corrected chi connectivity index (χ4v) is 10.2. The van der Waals surface area contributed by atoms with Crippen LogP contribution in [0.5, 0.6) is 0 Å². The maximum absolute atomic E-state index is 13.8. The maximum atomic E-state index is 13.8. The summed E-state index contributed by atoms with van der Waals surface area (Å²) in [5, 5.41) is 10.5. The van der Waals surface area contributed by atoms with Crippen molar-refractivity contribution in [2.75, 3.05) is 0 Å². The van der Waals surface area contributed by atoms with Crippen LogP contribution in [0.2, 0.25) is 0 Å². The fraction of sp³-hybridized carbons (Fsp3) is 0.524. The normalized spacial score (nSPS) is 19.2. The van der Waals surface area contributed by atoms with E-state index >= 15 is 0 Å². The molecule has 56 heavy (non-hydrogen) atoms. The lowest BCUT2D eigenvalue weighted by Gasteiger charge is -2.33. The van der Waals surface area contributed by atoms with Gasteiger partial charge < -0.3 is 20.6 Å². The first-order valence-electron chi connectivity index (χ1n) is 19.3. The number of hydrogen-bond acceptors (Lipinski definition) is 6. The Bertz CT molecular complexity index is 2170. The van der Waals surface area contributed by atoms with Gasteiger partial charge in [0.15, 0.2) is 0 Å². The van der Waals surface area contributed by atoms with Crippen molar-refractivity contribution in [2.45, 2.75) is 117 Å². The lowest BCUT2D eigenvalue weighted by Crippen LogP contribution is -2.42. The predicted octanol–water partition coefficient (Wildman–Crippen LogP) is 11.5. The Kier molecular flexibility index (Phi) is 10.8. The van der Waals surface area contributed by atoms with E-state index in [4.69, 9.17) is 4.98 Å². The predicted molar refractivity (Wildman–Crippen MR) is 215 cm³/mol. The van der Waals surface area contributed by atoms with Gasteiger partial charge in [0, 0.05) is 59.4 Å². The van der Waals surface area contributed by atoms with E-state index in [0.717, 1.165) is 43.0 Å². The summed E-state index contributed by atoms with van der Waals surface area (Å²) in [6.07, 6.45) is 3.20. The molecule has 14 heteroatoms. The second-order valence-electron chi connectivity index (χ2n) is 17.8. The average molecular weight is 811 g/mol. The van der Waals surface area contributed by atoms with Crippen LogP contribution in [0.25, 0.3) is 43.0 Å². The van der Waals surface area contributed by atoms with Gasteiger partial charge in [-0.3, -0.25) is 9.59 Å². The number of nitrogens with zero attached hydrogens (tertiary/aromatic N) is 2. The van der Waals surface area contributed by atoms with E-state index in [1.54, 1.807) is 35.1 Å². The van der Waals surface area contributed by atoms with Crippen molar-refractivity contribution in [3.05, 3.63) is 59.1 Å². The van der Waals surface area contributed by atoms with Crippen LogP contribution >= 0.6 is 22.7 Å². The number of alkyl halides is 4. The summed E-state index contributed by atoms with van der Waals surface area (Å²) in [6.45, 7) is 12.1. The summed E-state index contributed by atoms with van der Waals surface area (Å²) >= 11 is 3.31. The monoisotopic (exact) mass is 810 g/mol. The van der Waals surface area contributed by atoms with Crippen molar-refractivity contribution in [3.8, 4) is 33.6 Å². The Balaban J connectivity index is 1.05. The average Bonchev–Trinajstić information content (AvgIpc) is 3.94. The first-order chi connectivity index (χ1) is 26.3. The van der Waals surface area contributed by atoms with Crippen molar-refractivity contribution in [1.29, 1.82) is 0 Å². The number of aromatic nitrogens is 4. The number of benzene rings is 1. The Labute approximate surface area is 332 Å². The van der Waals surface area contributed by atoms with Crippen LogP contribution in [-0.4, -0.2) is 43.6 Å². The smallest absolute Gasteiger partial charge is 0.248 e. The van der Waals surface area contributed by atoms with Gasteiger partial charge in [-0.1, -0.05) is 65.8 Å². The molecule has 0 spiro atoms. The molecule has 0 unspecified atom stereocenters. The molecule has 2 atom stereocenters. The van der Waals surface area contributed by atoms with E-state index < -0.39 is 35.8 Å². The van der Waals surface area contributed by atoms with Crippen LogP contribution < -0.4 is 10.6 Å². The molecular formula is C42H50F4N6O2S2. The highest BCUT2D eigenvalue weighted by atomic mass is 32.1. The lowest BCUT2D eigenvalue weighted by molar-refractivity contribution is -0.131. The SMILES string of the molecule is CC(C)(C)[C@H](NC(=O)C1CCC(F)(F)CC1)c1ncc(-c2ccc(-c3csc4c(-c5cnc([C@@H](NC(=O)C6CCC(F)(F)CC6)C(C)(C)C)[nH]5)csc34)cc2)[nH]1. The number of hydrogen-bond donors (Lipinski definition) is 4. The highest BCUT2D eigenvalue weighted by Crippen LogP contribution is 2.45. The molecule has 4 aromatic heterocycles. The molecule has 0 bridgehead atoms. The molecule has 0 aliphatic heterocycles. The number of H-pyrrole nitrogens is 2. The number of amides is 2. The number of thiophene rings is 2. The number of aromatic amines is 2. The highest BCUT2D eigenvalue weighted by Gasteiger charge is 2.41. The van der Waals surface area contributed by atoms with Crippen molar-refractivity contribution in [1.82, 2.24) is 30.6 Å². The summed E-state index contributed by atoms with van der Waals surface area (Å²) in [5.41, 5.74) is 5.04. The molecule has 300 valence electrons. The summed E-state index contributed by atoms with van der Waals surface area (Å²) in [7, 11) is 0. The topological polar surface area (TPSA) is 116 Å². The maximum Gasteiger partial charge on any atom is 0.248 e. The third kappa shape index (κ3) is 8.61. The molecule has 2 aliphatic carbocycles. The molecule has 4 N–H and O–H groups in total. The first-order valence-corrected chi connectivity index (χ1v) is 21.1. The molecule has 0 radical (unpaired) electrons. The molecular weight excluding hydrogens is 761 g/mol. The van der Waals surface area contributed by atoms with E-state index in [2.05, 4.69) is 48.5 Å². The zero-order valence-corrected chi connectivity index (χ0v) is 34.3. The number of carbonyl (C=O) groups is 2. The molecule has 2 aliphatic rings. The third-order valence-corrected chi connectivity index (χ3v) is 13.5. The molecule has 5 aromatic rings. The zero-order chi connectivity index (χ0) is 40.2. The molecule has 7 rings (SSSR count). The van der Waals surface area contributed by atoms with Crippen LogP contribution in [0.4, 0.5) is 17.6 Å². The number of halogens is 4. The molecule has 0 saturated heterocycles. The fourth-order valence-electron chi connectivity index (χ4n) is 7.80. The van der Waals surface area contributed by atoms with Gasteiger partial charge in [-0.15, -0.1) is 22.7 Å².